The van der Waals surface area contributed by atoms with Gasteiger partial charge in [-0.2, -0.15) is 5.26 Å². The van der Waals surface area contributed by atoms with Crippen molar-refractivity contribution in [1.82, 2.24) is 0 Å². The summed E-state index contributed by atoms with van der Waals surface area (Å²) >= 11 is 0.426. The predicted molar refractivity (Wildman–Crippen MR) is 73.7 cm³/mol. The zero-order valence-electron chi connectivity index (χ0n) is 11.9. The molecule has 2 fully saturated rings. The summed E-state index contributed by atoms with van der Waals surface area (Å²) in [5.41, 5.74) is -0.00721. The average Bonchev–Trinajstić information content (AvgIpc) is 2.68. The monoisotopic (exact) mass is 297 g/mol. The number of thiocyanates is 1. The molecule has 2 aliphatic rings. The van der Waals surface area contributed by atoms with E-state index in [4.69, 9.17) is 15.1 Å². The molecule has 0 radical (unpaired) electrons. The number of carboxylic acid groups (broad SMARTS) is 1. The highest BCUT2D eigenvalue weighted by atomic mass is 32.2. The number of esters is 1. The second kappa shape index (κ2) is 4.96. The molecule has 4 atom stereocenters. The van der Waals surface area contributed by atoms with Crippen LogP contribution in [0, 0.1) is 27.4 Å². The lowest BCUT2D eigenvalue weighted by Gasteiger charge is -2.38. The first-order valence-corrected chi connectivity index (χ1v) is 7.60. The zero-order valence-corrected chi connectivity index (χ0v) is 12.7. The lowest BCUT2D eigenvalue weighted by molar-refractivity contribution is -0.160. The summed E-state index contributed by atoms with van der Waals surface area (Å²) < 4.78 is 5.47. The van der Waals surface area contributed by atoms with Crippen LogP contribution in [-0.4, -0.2) is 28.4 Å². The van der Waals surface area contributed by atoms with Gasteiger partial charge in [0.05, 0.1) is 0 Å². The van der Waals surface area contributed by atoms with Gasteiger partial charge in [-0.3, -0.25) is 9.59 Å². The number of carbonyl (C=O) groups is 2. The minimum absolute atomic E-state index is 0.0963. The van der Waals surface area contributed by atoms with Gasteiger partial charge < -0.3 is 9.84 Å². The first kappa shape index (κ1) is 15.2. The summed E-state index contributed by atoms with van der Waals surface area (Å²) in [5.74, 6) is -1.62. The number of nitrogens with zero attached hydrogens (tertiary/aromatic N) is 1. The van der Waals surface area contributed by atoms with Crippen LogP contribution in [0.4, 0.5) is 0 Å². The fraction of sp³-hybridized carbons (Fsp3) is 0.786. The Balaban J connectivity index is 2.10. The minimum Gasteiger partial charge on any atom is -0.480 e. The summed E-state index contributed by atoms with van der Waals surface area (Å²) in [5, 5.41) is 17.7. The van der Waals surface area contributed by atoms with Gasteiger partial charge in [0.1, 0.15) is 11.5 Å². The van der Waals surface area contributed by atoms with Gasteiger partial charge in [-0.05, 0) is 42.4 Å². The Morgan fingerprint density at radius 1 is 1.45 bits per heavy atom. The quantitative estimate of drug-likeness (QED) is 0.487. The first-order chi connectivity index (χ1) is 9.24. The van der Waals surface area contributed by atoms with Crippen LogP contribution in [0.1, 0.15) is 40.0 Å². The van der Waals surface area contributed by atoms with Crippen molar-refractivity contribution in [3.05, 3.63) is 0 Å². The maximum atomic E-state index is 12.0. The van der Waals surface area contributed by atoms with Crippen molar-refractivity contribution in [3.63, 3.8) is 0 Å². The predicted octanol–water partition coefficient (Wildman–Crippen LogP) is 2.41. The van der Waals surface area contributed by atoms with Crippen LogP contribution in [0.2, 0.25) is 0 Å². The molecule has 110 valence electrons. The molecule has 2 bridgehead atoms. The minimum atomic E-state index is -1.45. The van der Waals surface area contributed by atoms with E-state index in [-0.39, 0.29) is 16.9 Å². The van der Waals surface area contributed by atoms with Gasteiger partial charge in [-0.25, -0.2) is 0 Å². The molecule has 20 heavy (non-hydrogen) atoms. The second-order valence-corrected chi connectivity index (χ2v) is 7.35. The van der Waals surface area contributed by atoms with Crippen LogP contribution in [-0.2, 0) is 14.3 Å². The molecule has 0 heterocycles. The summed E-state index contributed by atoms with van der Waals surface area (Å²) in [4.78, 5) is 23.0. The number of fused-ring (bicyclic) bond motifs is 2. The van der Waals surface area contributed by atoms with E-state index in [0.29, 0.717) is 17.7 Å². The molecule has 2 saturated carbocycles. The third kappa shape index (κ3) is 2.08. The highest BCUT2D eigenvalue weighted by Crippen LogP contribution is 2.66. The molecule has 2 aliphatic carbocycles. The molecule has 0 aliphatic heterocycles. The van der Waals surface area contributed by atoms with E-state index < -0.39 is 17.2 Å². The van der Waals surface area contributed by atoms with Crippen LogP contribution in [0.5, 0.6) is 0 Å². The number of ether oxygens (including phenoxy) is 1. The van der Waals surface area contributed by atoms with E-state index in [0.717, 1.165) is 19.3 Å². The number of carboxylic acids is 1. The van der Waals surface area contributed by atoms with Gasteiger partial charge in [0.25, 0.3) is 0 Å². The van der Waals surface area contributed by atoms with Gasteiger partial charge in [-0.1, -0.05) is 20.8 Å². The van der Waals surface area contributed by atoms with E-state index in [1.807, 2.05) is 0 Å². The van der Waals surface area contributed by atoms with Crippen molar-refractivity contribution < 1.29 is 19.4 Å². The Hall–Kier alpha value is -1.22. The van der Waals surface area contributed by atoms with E-state index in [2.05, 4.69) is 20.8 Å². The van der Waals surface area contributed by atoms with Crippen molar-refractivity contribution in [1.29, 1.82) is 5.26 Å². The van der Waals surface area contributed by atoms with Gasteiger partial charge in [0.15, 0.2) is 0 Å². The number of rotatable bonds is 4. The number of nitriles is 1. The van der Waals surface area contributed by atoms with Crippen molar-refractivity contribution >= 4 is 23.7 Å². The molecule has 0 amide bonds. The number of aliphatic carboxylic acids is 1. The third-order valence-corrected chi connectivity index (χ3v) is 6.32. The van der Waals surface area contributed by atoms with Gasteiger partial charge in [-0.15, -0.1) is 0 Å². The normalized spacial score (nSPS) is 35.3. The Morgan fingerprint density at radius 3 is 2.50 bits per heavy atom. The van der Waals surface area contributed by atoms with Crippen LogP contribution < -0.4 is 0 Å². The van der Waals surface area contributed by atoms with Gasteiger partial charge in [0, 0.05) is 5.41 Å². The fourth-order valence-electron chi connectivity index (χ4n) is 3.76. The van der Waals surface area contributed by atoms with Crippen molar-refractivity contribution in [2.75, 3.05) is 0 Å². The first-order valence-electron chi connectivity index (χ1n) is 6.72. The van der Waals surface area contributed by atoms with Crippen molar-refractivity contribution in [3.8, 4) is 5.40 Å². The maximum absolute atomic E-state index is 12.0. The van der Waals surface area contributed by atoms with E-state index >= 15 is 0 Å². The smallest absolute Gasteiger partial charge is 0.332 e. The fourth-order valence-corrected chi connectivity index (χ4v) is 4.12. The summed E-state index contributed by atoms with van der Waals surface area (Å²) in [6, 6.07) is 0. The molecule has 0 aromatic heterocycles. The standard InChI is InChI=1S/C14H19NO4S/c1-13(2)8-4-5-14(13,3)9(6-8)19-12(18)10(11(16)17)20-7-15/h8-10H,4-6H2,1-3H3,(H,16,17)/t8-,9?,10?,14-/m1/s1. The topological polar surface area (TPSA) is 87.4 Å². The maximum Gasteiger partial charge on any atom is 0.332 e. The summed E-state index contributed by atoms with van der Waals surface area (Å²) in [7, 11) is 0. The SMILES string of the molecule is CC1(C)[C@@H]2CC[C@]1(C)C(OC(=O)C(SC#N)C(=O)O)C2. The molecule has 0 spiro atoms. The lowest BCUT2D eigenvalue weighted by Crippen LogP contribution is -2.41. The number of hydrogen-bond donors (Lipinski definition) is 1. The molecule has 2 rings (SSSR count). The highest BCUT2D eigenvalue weighted by Gasteiger charge is 2.63. The summed E-state index contributed by atoms with van der Waals surface area (Å²) in [6.45, 7) is 6.50. The number of carbonyl (C=O) groups excluding carboxylic acids is 1. The Morgan fingerprint density at radius 2 is 2.10 bits per heavy atom. The van der Waals surface area contributed by atoms with Crippen LogP contribution >= 0.6 is 11.8 Å². The van der Waals surface area contributed by atoms with Crippen LogP contribution in [0.3, 0.4) is 0 Å². The van der Waals surface area contributed by atoms with Crippen molar-refractivity contribution in [2.45, 2.75) is 51.4 Å². The van der Waals surface area contributed by atoms with E-state index in [9.17, 15) is 9.59 Å². The molecule has 1 N–H and O–H groups in total. The molecule has 0 saturated heterocycles. The molecule has 0 aromatic carbocycles. The molecular weight excluding hydrogens is 278 g/mol. The number of thioether (sulfide) groups is 1. The average molecular weight is 297 g/mol. The Bertz CT molecular complexity index is 484. The van der Waals surface area contributed by atoms with E-state index in [1.165, 1.54) is 0 Å². The molecule has 0 aromatic rings. The molecular formula is C14H19NO4S. The lowest BCUT2D eigenvalue weighted by atomic mass is 9.70. The zero-order chi connectivity index (χ0) is 15.1. The highest BCUT2D eigenvalue weighted by molar-refractivity contribution is 8.05. The van der Waals surface area contributed by atoms with E-state index in [1.54, 1.807) is 5.40 Å². The molecule has 6 heteroatoms. The summed E-state index contributed by atoms with van der Waals surface area (Å²) in [6.07, 6.45) is 2.67. The van der Waals surface area contributed by atoms with Gasteiger partial charge in [0.2, 0.25) is 5.25 Å². The second-order valence-electron chi connectivity index (χ2n) is 6.46. The molecule has 2 unspecified atom stereocenters. The molecule has 5 nitrogen and oxygen atoms in total. The van der Waals surface area contributed by atoms with Crippen molar-refractivity contribution in [2.24, 2.45) is 16.7 Å². The Labute approximate surface area is 122 Å². The third-order valence-electron chi connectivity index (χ3n) is 5.58. The Kier molecular flexibility index (Phi) is 3.76. The van der Waals surface area contributed by atoms with Crippen LogP contribution in [0.15, 0.2) is 0 Å². The largest absolute Gasteiger partial charge is 0.480 e. The number of hydrogen-bond acceptors (Lipinski definition) is 5. The van der Waals surface area contributed by atoms with Gasteiger partial charge >= 0.3 is 11.9 Å². The van der Waals surface area contributed by atoms with Crippen LogP contribution in [0.25, 0.3) is 0 Å².